The van der Waals surface area contributed by atoms with Crippen molar-refractivity contribution in [1.29, 1.82) is 0 Å². The van der Waals surface area contributed by atoms with Gasteiger partial charge >= 0.3 is 5.97 Å². The minimum Gasteiger partial charge on any atom is -0.467 e. The number of hydrogen-bond donors (Lipinski definition) is 1. The molecule has 136 valence electrons. The number of rotatable bonds is 5. The average Bonchev–Trinajstić information content (AvgIpc) is 2.71. The van der Waals surface area contributed by atoms with Crippen LogP contribution < -0.4 is 5.32 Å². The molecule has 2 aromatic rings. The van der Waals surface area contributed by atoms with E-state index >= 15 is 0 Å². The minimum atomic E-state index is -1.40. The van der Waals surface area contributed by atoms with Crippen molar-refractivity contribution >= 4 is 11.9 Å². The first-order valence-corrected chi connectivity index (χ1v) is 8.49. The molecule has 1 atom stereocenters. The zero-order valence-electron chi connectivity index (χ0n) is 15.4. The quantitative estimate of drug-likeness (QED) is 0.507. The fraction of sp³-hybridized carbons (Fsp3) is 0.174. The lowest BCUT2D eigenvalue weighted by Gasteiger charge is -2.27. The van der Waals surface area contributed by atoms with E-state index in [2.05, 4.69) is 22.9 Å². The molecular weight excluding hydrogens is 338 g/mol. The van der Waals surface area contributed by atoms with E-state index in [9.17, 15) is 9.59 Å². The summed E-state index contributed by atoms with van der Waals surface area (Å²) in [6.45, 7) is 1.78. The predicted octanol–water partition coefficient (Wildman–Crippen LogP) is 3.04. The Bertz CT molecular complexity index is 897. The predicted molar refractivity (Wildman–Crippen MR) is 105 cm³/mol. The summed E-state index contributed by atoms with van der Waals surface area (Å²) in [6.07, 6.45) is 3.39. The van der Waals surface area contributed by atoms with Gasteiger partial charge in [-0.3, -0.25) is 4.79 Å². The van der Waals surface area contributed by atoms with Gasteiger partial charge in [-0.05, 0) is 36.8 Å². The van der Waals surface area contributed by atoms with Crippen LogP contribution in [-0.4, -0.2) is 24.5 Å². The average molecular weight is 359 g/mol. The van der Waals surface area contributed by atoms with E-state index in [1.165, 1.54) is 13.2 Å². The summed E-state index contributed by atoms with van der Waals surface area (Å²) < 4.78 is 4.96. The third-order valence-corrected chi connectivity index (χ3v) is 3.80. The summed E-state index contributed by atoms with van der Waals surface area (Å²) in [5.74, 6) is 4.16. The lowest BCUT2D eigenvalue weighted by Crippen LogP contribution is -2.55. The summed E-state index contributed by atoms with van der Waals surface area (Å²) in [7, 11) is 1.29. The van der Waals surface area contributed by atoms with Gasteiger partial charge in [0.25, 0.3) is 5.91 Å². The van der Waals surface area contributed by atoms with Crippen LogP contribution in [0.5, 0.6) is 0 Å². The highest BCUT2D eigenvalue weighted by Gasteiger charge is 2.39. The lowest BCUT2D eigenvalue weighted by atomic mass is 9.90. The summed E-state index contributed by atoms with van der Waals surface area (Å²) in [5.41, 5.74) is 3.07. The molecule has 2 aromatic carbocycles. The van der Waals surface area contributed by atoms with Crippen LogP contribution in [0.2, 0.25) is 0 Å². The molecule has 27 heavy (non-hydrogen) atoms. The molecule has 0 saturated heterocycles. The van der Waals surface area contributed by atoms with Gasteiger partial charge in [0.05, 0.1) is 7.11 Å². The van der Waals surface area contributed by atoms with Crippen molar-refractivity contribution in [2.24, 2.45) is 0 Å². The molecule has 1 N–H and O–H groups in total. The van der Waals surface area contributed by atoms with Crippen molar-refractivity contribution in [2.75, 3.05) is 7.11 Å². The SMILES string of the molecule is CC=C=CC(Cc1ccccc1)(NC(=O)C#Cc1ccccc1)C(=O)OC. The smallest absolute Gasteiger partial charge is 0.336 e. The van der Waals surface area contributed by atoms with Gasteiger partial charge in [-0.15, -0.1) is 5.73 Å². The van der Waals surface area contributed by atoms with E-state index in [0.717, 1.165) is 5.56 Å². The molecule has 0 saturated carbocycles. The van der Waals surface area contributed by atoms with Gasteiger partial charge in [-0.25, -0.2) is 4.79 Å². The zero-order valence-corrected chi connectivity index (χ0v) is 15.4. The number of carbonyl (C=O) groups excluding carboxylic acids is 2. The molecule has 0 radical (unpaired) electrons. The Morgan fingerprint density at radius 1 is 1.07 bits per heavy atom. The molecule has 0 bridgehead atoms. The Balaban J connectivity index is 2.35. The molecule has 0 heterocycles. The Kier molecular flexibility index (Phi) is 7.19. The molecule has 0 aromatic heterocycles. The number of benzene rings is 2. The van der Waals surface area contributed by atoms with Gasteiger partial charge in [0.1, 0.15) is 0 Å². The van der Waals surface area contributed by atoms with Gasteiger partial charge in [0.2, 0.25) is 0 Å². The largest absolute Gasteiger partial charge is 0.467 e. The maximum Gasteiger partial charge on any atom is 0.336 e. The van der Waals surface area contributed by atoms with Gasteiger partial charge in [0, 0.05) is 17.9 Å². The van der Waals surface area contributed by atoms with E-state index in [1.54, 1.807) is 25.1 Å². The van der Waals surface area contributed by atoms with Gasteiger partial charge < -0.3 is 10.1 Å². The maximum atomic E-state index is 12.6. The van der Waals surface area contributed by atoms with Crippen LogP contribution in [0.1, 0.15) is 18.1 Å². The van der Waals surface area contributed by atoms with Crippen LogP contribution in [0, 0.1) is 11.8 Å². The molecule has 0 fully saturated rings. The van der Waals surface area contributed by atoms with E-state index < -0.39 is 17.4 Å². The van der Waals surface area contributed by atoms with Crippen molar-refractivity contribution in [3.05, 3.63) is 89.7 Å². The Morgan fingerprint density at radius 3 is 2.30 bits per heavy atom. The number of methoxy groups -OCH3 is 1. The molecule has 4 heteroatoms. The Labute approximate surface area is 159 Å². The van der Waals surface area contributed by atoms with Gasteiger partial charge in [-0.2, -0.15) is 0 Å². The summed E-state index contributed by atoms with van der Waals surface area (Å²) >= 11 is 0. The first-order chi connectivity index (χ1) is 13.1. The number of carbonyl (C=O) groups is 2. The van der Waals surface area contributed by atoms with Crippen molar-refractivity contribution in [3.63, 3.8) is 0 Å². The van der Waals surface area contributed by atoms with E-state index in [-0.39, 0.29) is 6.42 Å². The molecule has 0 aliphatic rings. The highest BCUT2D eigenvalue weighted by atomic mass is 16.5. The molecule has 2 rings (SSSR count). The zero-order chi connectivity index (χ0) is 19.5. The van der Waals surface area contributed by atoms with E-state index in [1.807, 2.05) is 48.5 Å². The van der Waals surface area contributed by atoms with Crippen molar-refractivity contribution in [3.8, 4) is 11.8 Å². The Hall–Kier alpha value is -3.54. The lowest BCUT2D eigenvalue weighted by molar-refractivity contribution is -0.148. The van der Waals surface area contributed by atoms with Crippen molar-refractivity contribution in [2.45, 2.75) is 18.9 Å². The third kappa shape index (κ3) is 5.74. The standard InChI is InChI=1S/C23H21NO3/c1-3-4-17-23(22(26)27-2,18-20-13-9-6-10-14-20)24-21(25)16-15-19-11-7-5-8-12-19/h3,5-14,17H,18H2,1-2H3,(H,24,25). The summed E-state index contributed by atoms with van der Waals surface area (Å²) in [6, 6.07) is 18.5. The number of nitrogens with one attached hydrogen (secondary N) is 1. The Morgan fingerprint density at radius 2 is 1.70 bits per heavy atom. The highest BCUT2D eigenvalue weighted by molar-refractivity contribution is 5.99. The van der Waals surface area contributed by atoms with Crippen LogP contribution >= 0.6 is 0 Å². The normalized spacial score (nSPS) is 11.6. The summed E-state index contributed by atoms with van der Waals surface area (Å²) in [5, 5.41) is 2.71. The van der Waals surface area contributed by atoms with E-state index in [4.69, 9.17) is 4.74 Å². The highest BCUT2D eigenvalue weighted by Crippen LogP contribution is 2.17. The number of ether oxygens (including phenoxy) is 1. The van der Waals surface area contributed by atoms with E-state index in [0.29, 0.717) is 5.56 Å². The van der Waals surface area contributed by atoms with Crippen LogP contribution in [0.3, 0.4) is 0 Å². The monoisotopic (exact) mass is 359 g/mol. The van der Waals surface area contributed by atoms with Crippen LogP contribution in [0.15, 0.2) is 78.5 Å². The first kappa shape index (κ1) is 19.8. The first-order valence-electron chi connectivity index (χ1n) is 8.49. The van der Waals surface area contributed by atoms with Gasteiger partial charge in [-0.1, -0.05) is 54.5 Å². The topological polar surface area (TPSA) is 55.4 Å². The van der Waals surface area contributed by atoms with Crippen LogP contribution in [0.25, 0.3) is 0 Å². The molecule has 1 amide bonds. The second-order valence-corrected chi connectivity index (χ2v) is 5.80. The number of esters is 1. The molecular formula is C23H21NO3. The molecule has 1 unspecified atom stereocenters. The summed E-state index contributed by atoms with van der Waals surface area (Å²) in [4.78, 5) is 25.0. The molecule has 0 aliphatic heterocycles. The van der Waals surface area contributed by atoms with Crippen LogP contribution in [-0.2, 0) is 20.7 Å². The second kappa shape index (κ2) is 9.82. The molecule has 0 spiro atoms. The van der Waals surface area contributed by atoms with Gasteiger partial charge in [0.15, 0.2) is 5.54 Å². The second-order valence-electron chi connectivity index (χ2n) is 5.80. The fourth-order valence-corrected chi connectivity index (χ4v) is 2.52. The molecule has 4 nitrogen and oxygen atoms in total. The van der Waals surface area contributed by atoms with Crippen molar-refractivity contribution < 1.29 is 14.3 Å². The minimum absolute atomic E-state index is 0.222. The van der Waals surface area contributed by atoms with Crippen molar-refractivity contribution in [1.82, 2.24) is 5.32 Å². The molecule has 0 aliphatic carbocycles. The maximum absolute atomic E-state index is 12.6. The fourth-order valence-electron chi connectivity index (χ4n) is 2.52. The number of amides is 1. The number of hydrogen-bond acceptors (Lipinski definition) is 3. The third-order valence-electron chi connectivity index (χ3n) is 3.80. The van der Waals surface area contributed by atoms with Crippen LogP contribution in [0.4, 0.5) is 0 Å².